The number of nitrogens with one attached hydrogen (secondary N) is 1. The van der Waals surface area contributed by atoms with E-state index in [1.54, 1.807) is 11.3 Å². The van der Waals surface area contributed by atoms with E-state index in [9.17, 15) is 0 Å². The van der Waals surface area contributed by atoms with E-state index in [4.69, 9.17) is 12.2 Å². The molecule has 0 bridgehead atoms. The quantitative estimate of drug-likeness (QED) is 0.793. The number of hydrogen-bond donors (Lipinski definition) is 1. The molecule has 0 fully saturated rings. The molecule has 2 nitrogen and oxygen atoms in total. The normalized spacial score (nSPS) is 13.8. The van der Waals surface area contributed by atoms with Gasteiger partial charge in [-0.15, -0.1) is 11.3 Å². The molecule has 98 valence electrons. The molecular weight excluding hydrogens is 260 g/mol. The summed E-state index contributed by atoms with van der Waals surface area (Å²) in [5.41, 5.74) is 1.37. The summed E-state index contributed by atoms with van der Waals surface area (Å²) < 4.78 is 3.10. The number of thiophene rings is 1. The van der Waals surface area contributed by atoms with Gasteiger partial charge in [-0.3, -0.25) is 0 Å². The third-order valence-corrected chi connectivity index (χ3v) is 4.44. The predicted octanol–water partition coefficient (Wildman–Crippen LogP) is 4.90. The van der Waals surface area contributed by atoms with Gasteiger partial charge in [-0.1, -0.05) is 33.8 Å². The van der Waals surface area contributed by atoms with Crippen molar-refractivity contribution in [3.63, 3.8) is 0 Å². The third-order valence-electron chi connectivity index (χ3n) is 3.15. The molecule has 1 N–H and O–H groups in total. The number of hydrogen-bond acceptors (Lipinski definition) is 2. The van der Waals surface area contributed by atoms with Gasteiger partial charge < -0.3 is 9.55 Å². The number of imidazole rings is 1. The Labute approximate surface area is 118 Å². The maximum absolute atomic E-state index is 5.47. The molecule has 2 rings (SSSR count). The second kappa shape index (κ2) is 5.02. The lowest BCUT2D eigenvalue weighted by atomic mass is 9.92. The largest absolute Gasteiger partial charge is 0.337 e. The first kappa shape index (κ1) is 13.6. The average molecular weight is 280 g/mol. The van der Waals surface area contributed by atoms with Gasteiger partial charge in [0.15, 0.2) is 4.77 Å². The van der Waals surface area contributed by atoms with Gasteiger partial charge in [-0.05, 0) is 30.1 Å². The minimum atomic E-state index is 0.0955. The van der Waals surface area contributed by atoms with Crippen molar-refractivity contribution < 1.29 is 0 Å². The van der Waals surface area contributed by atoms with Crippen LogP contribution in [-0.2, 0) is 5.41 Å². The van der Waals surface area contributed by atoms with Crippen LogP contribution in [0.15, 0.2) is 23.7 Å². The Bertz CT molecular complexity index is 555. The van der Waals surface area contributed by atoms with Gasteiger partial charge in [0, 0.05) is 22.2 Å². The fourth-order valence-corrected chi connectivity index (χ4v) is 3.44. The Kier molecular flexibility index (Phi) is 3.78. The summed E-state index contributed by atoms with van der Waals surface area (Å²) in [5, 5.41) is 2.13. The summed E-state index contributed by atoms with van der Waals surface area (Å²) in [5.74, 6) is 0. The van der Waals surface area contributed by atoms with E-state index in [1.807, 2.05) is 0 Å². The van der Waals surface area contributed by atoms with Crippen molar-refractivity contribution in [3.05, 3.63) is 39.1 Å². The van der Waals surface area contributed by atoms with Crippen LogP contribution in [0.4, 0.5) is 0 Å². The van der Waals surface area contributed by atoms with Crippen molar-refractivity contribution in [2.75, 3.05) is 0 Å². The molecule has 0 saturated carbocycles. The van der Waals surface area contributed by atoms with Gasteiger partial charge in [-0.25, -0.2) is 0 Å². The number of rotatable bonds is 3. The first-order valence-electron chi connectivity index (χ1n) is 6.29. The van der Waals surface area contributed by atoms with Gasteiger partial charge in [0.1, 0.15) is 0 Å². The molecule has 0 aliphatic heterocycles. The molecule has 18 heavy (non-hydrogen) atoms. The lowest BCUT2D eigenvalue weighted by Crippen LogP contribution is -2.21. The Balaban J connectivity index is 2.56. The van der Waals surface area contributed by atoms with Crippen LogP contribution in [0.2, 0.25) is 0 Å². The third kappa shape index (κ3) is 2.45. The van der Waals surface area contributed by atoms with Crippen LogP contribution >= 0.6 is 23.6 Å². The monoisotopic (exact) mass is 280 g/mol. The summed E-state index contributed by atoms with van der Waals surface area (Å²) >= 11 is 7.27. The molecular formula is C14H20N2S2. The maximum atomic E-state index is 5.47. The topological polar surface area (TPSA) is 20.7 Å². The average Bonchev–Trinajstić information content (AvgIpc) is 2.90. The fourth-order valence-electron chi connectivity index (χ4n) is 2.26. The lowest BCUT2D eigenvalue weighted by Gasteiger charge is -2.25. The van der Waals surface area contributed by atoms with Crippen molar-refractivity contribution in [1.82, 2.24) is 9.55 Å². The lowest BCUT2D eigenvalue weighted by molar-refractivity contribution is 0.474. The van der Waals surface area contributed by atoms with Crippen molar-refractivity contribution in [3.8, 4) is 0 Å². The van der Waals surface area contributed by atoms with Crippen LogP contribution in [0.5, 0.6) is 0 Å². The highest BCUT2D eigenvalue weighted by molar-refractivity contribution is 7.71. The Morgan fingerprint density at radius 1 is 1.44 bits per heavy atom. The molecule has 0 saturated heterocycles. The molecule has 0 aliphatic carbocycles. The van der Waals surface area contributed by atoms with Crippen molar-refractivity contribution >= 4 is 23.6 Å². The molecule has 2 aromatic rings. The van der Waals surface area contributed by atoms with Crippen LogP contribution < -0.4 is 0 Å². The molecule has 0 aliphatic rings. The highest BCUT2D eigenvalue weighted by atomic mass is 32.1. The highest BCUT2D eigenvalue weighted by Crippen LogP contribution is 2.32. The molecule has 2 aromatic heterocycles. The zero-order valence-electron chi connectivity index (χ0n) is 11.4. The molecule has 2 heterocycles. The van der Waals surface area contributed by atoms with Crippen LogP contribution in [0, 0.1) is 4.77 Å². The fraction of sp³-hybridized carbons (Fsp3) is 0.500. The summed E-state index contributed by atoms with van der Waals surface area (Å²) in [6.45, 7) is 8.89. The van der Waals surface area contributed by atoms with Crippen LogP contribution in [0.1, 0.15) is 50.7 Å². The van der Waals surface area contributed by atoms with Crippen molar-refractivity contribution in [1.29, 1.82) is 0 Å². The van der Waals surface area contributed by atoms with E-state index >= 15 is 0 Å². The summed E-state index contributed by atoms with van der Waals surface area (Å²) in [6.07, 6.45) is 3.11. The predicted molar refractivity (Wildman–Crippen MR) is 81.1 cm³/mol. The first-order valence-corrected chi connectivity index (χ1v) is 7.57. The molecule has 1 atom stereocenters. The van der Waals surface area contributed by atoms with Crippen LogP contribution in [0.25, 0.3) is 0 Å². The van der Waals surface area contributed by atoms with E-state index in [1.165, 1.54) is 10.6 Å². The second-order valence-corrected chi connectivity index (χ2v) is 6.90. The Morgan fingerprint density at radius 2 is 2.17 bits per heavy atom. The van der Waals surface area contributed by atoms with Crippen LogP contribution in [0.3, 0.4) is 0 Å². The zero-order valence-corrected chi connectivity index (χ0v) is 13.0. The molecule has 1 unspecified atom stereocenters. The van der Waals surface area contributed by atoms with Crippen molar-refractivity contribution in [2.24, 2.45) is 0 Å². The van der Waals surface area contributed by atoms with E-state index in [2.05, 4.69) is 61.0 Å². The number of aromatic amines is 1. The number of aromatic nitrogens is 2. The minimum Gasteiger partial charge on any atom is -0.337 e. The molecule has 0 amide bonds. The molecule has 4 heteroatoms. The van der Waals surface area contributed by atoms with Gasteiger partial charge in [0.05, 0.1) is 6.04 Å². The van der Waals surface area contributed by atoms with E-state index in [-0.39, 0.29) is 5.41 Å². The Hall–Kier alpha value is -0.870. The molecule has 0 radical (unpaired) electrons. The zero-order chi connectivity index (χ0) is 13.3. The van der Waals surface area contributed by atoms with Gasteiger partial charge in [0.25, 0.3) is 0 Å². The van der Waals surface area contributed by atoms with Crippen molar-refractivity contribution in [2.45, 2.75) is 45.6 Å². The molecule has 0 spiro atoms. The summed E-state index contributed by atoms with van der Waals surface area (Å²) in [4.78, 5) is 4.58. The first-order chi connectivity index (χ1) is 8.45. The van der Waals surface area contributed by atoms with Gasteiger partial charge in [0.2, 0.25) is 0 Å². The van der Waals surface area contributed by atoms with Crippen LogP contribution in [-0.4, -0.2) is 9.55 Å². The van der Waals surface area contributed by atoms with Gasteiger partial charge >= 0.3 is 0 Å². The van der Waals surface area contributed by atoms with E-state index in [0.29, 0.717) is 6.04 Å². The Morgan fingerprint density at radius 3 is 2.67 bits per heavy atom. The highest BCUT2D eigenvalue weighted by Gasteiger charge is 2.24. The smallest absolute Gasteiger partial charge is 0.177 e. The molecule has 0 aromatic carbocycles. The van der Waals surface area contributed by atoms with E-state index in [0.717, 1.165) is 11.2 Å². The number of nitrogens with zero attached hydrogens (tertiary/aromatic N) is 1. The van der Waals surface area contributed by atoms with E-state index < -0.39 is 0 Å². The summed E-state index contributed by atoms with van der Waals surface area (Å²) in [6, 6.07) is 4.65. The standard InChI is InChI=1S/C14H20N2S2/c1-5-10(11-7-6-8-18-11)16-12(14(2,3)4)9-15-13(16)17/h6-10H,5H2,1-4H3,(H,15,17). The summed E-state index contributed by atoms with van der Waals surface area (Å²) in [7, 11) is 0. The minimum absolute atomic E-state index is 0.0955. The maximum Gasteiger partial charge on any atom is 0.177 e. The number of H-pyrrole nitrogens is 1. The van der Waals surface area contributed by atoms with Gasteiger partial charge in [-0.2, -0.15) is 0 Å². The SMILES string of the molecule is CCC(c1cccs1)n1c(C(C)(C)C)c[nH]c1=S. The second-order valence-electron chi connectivity index (χ2n) is 5.54.